The highest BCUT2D eigenvalue weighted by Gasteiger charge is 2.25. The SMILES string of the molecule is Cc1c(C(C)NC(C)CC2CC2)oc2ccccc12. The molecular weight excluding hydrogens is 234 g/mol. The predicted octanol–water partition coefficient (Wildman–Crippen LogP) is 4.58. The topological polar surface area (TPSA) is 25.2 Å². The molecule has 19 heavy (non-hydrogen) atoms. The third kappa shape index (κ3) is 2.69. The summed E-state index contributed by atoms with van der Waals surface area (Å²) < 4.78 is 6.02. The van der Waals surface area contributed by atoms with E-state index in [1.807, 2.05) is 12.1 Å². The number of benzene rings is 1. The summed E-state index contributed by atoms with van der Waals surface area (Å²) in [5, 5.41) is 4.91. The number of para-hydroxylation sites is 1. The molecule has 102 valence electrons. The molecule has 2 atom stereocenters. The second-order valence-electron chi connectivity index (χ2n) is 6.06. The number of furan rings is 1. The van der Waals surface area contributed by atoms with Gasteiger partial charge in [-0.1, -0.05) is 31.0 Å². The molecule has 1 saturated carbocycles. The van der Waals surface area contributed by atoms with Gasteiger partial charge >= 0.3 is 0 Å². The van der Waals surface area contributed by atoms with Gasteiger partial charge in [0, 0.05) is 11.4 Å². The highest BCUT2D eigenvalue weighted by Crippen LogP contribution is 2.34. The van der Waals surface area contributed by atoms with Crippen LogP contribution in [-0.4, -0.2) is 6.04 Å². The van der Waals surface area contributed by atoms with Crippen molar-refractivity contribution in [3.8, 4) is 0 Å². The molecule has 1 heterocycles. The van der Waals surface area contributed by atoms with Crippen LogP contribution in [0.4, 0.5) is 0 Å². The fraction of sp³-hybridized carbons (Fsp3) is 0.529. The van der Waals surface area contributed by atoms with Crippen LogP contribution in [0.3, 0.4) is 0 Å². The van der Waals surface area contributed by atoms with Crippen LogP contribution in [0.1, 0.15) is 50.5 Å². The molecule has 0 radical (unpaired) electrons. The van der Waals surface area contributed by atoms with Crippen LogP contribution in [-0.2, 0) is 0 Å². The van der Waals surface area contributed by atoms with E-state index in [4.69, 9.17) is 4.42 Å². The van der Waals surface area contributed by atoms with E-state index in [1.54, 1.807) is 0 Å². The first-order valence-electron chi connectivity index (χ1n) is 7.39. The molecule has 1 aromatic heterocycles. The van der Waals surface area contributed by atoms with E-state index >= 15 is 0 Å². The van der Waals surface area contributed by atoms with E-state index < -0.39 is 0 Å². The van der Waals surface area contributed by atoms with E-state index in [-0.39, 0.29) is 6.04 Å². The fourth-order valence-electron chi connectivity index (χ4n) is 3.03. The minimum Gasteiger partial charge on any atom is -0.459 e. The monoisotopic (exact) mass is 257 g/mol. The van der Waals surface area contributed by atoms with E-state index in [1.165, 1.54) is 30.2 Å². The average Bonchev–Trinajstić information content (AvgIpc) is 3.12. The molecule has 3 rings (SSSR count). The molecule has 0 bridgehead atoms. The van der Waals surface area contributed by atoms with Gasteiger partial charge in [0.2, 0.25) is 0 Å². The zero-order chi connectivity index (χ0) is 13.4. The Morgan fingerprint density at radius 3 is 2.68 bits per heavy atom. The van der Waals surface area contributed by atoms with Gasteiger partial charge in [0.15, 0.2) is 0 Å². The maximum absolute atomic E-state index is 6.02. The Labute approximate surface area is 115 Å². The summed E-state index contributed by atoms with van der Waals surface area (Å²) in [5.74, 6) is 2.05. The molecule has 0 saturated heterocycles. The van der Waals surface area contributed by atoms with Crippen molar-refractivity contribution in [1.29, 1.82) is 0 Å². The van der Waals surface area contributed by atoms with Crippen molar-refractivity contribution in [2.75, 3.05) is 0 Å². The number of hydrogen-bond donors (Lipinski definition) is 1. The highest BCUT2D eigenvalue weighted by molar-refractivity contribution is 5.82. The van der Waals surface area contributed by atoms with Gasteiger partial charge in [0.1, 0.15) is 11.3 Å². The van der Waals surface area contributed by atoms with Crippen LogP contribution in [0.2, 0.25) is 0 Å². The van der Waals surface area contributed by atoms with Gasteiger partial charge < -0.3 is 9.73 Å². The molecule has 0 aliphatic heterocycles. The molecule has 1 fully saturated rings. The van der Waals surface area contributed by atoms with E-state index in [0.717, 1.165) is 17.3 Å². The van der Waals surface area contributed by atoms with Gasteiger partial charge in [0.05, 0.1) is 6.04 Å². The lowest BCUT2D eigenvalue weighted by Crippen LogP contribution is -2.29. The number of nitrogens with one attached hydrogen (secondary N) is 1. The first kappa shape index (κ1) is 12.7. The maximum Gasteiger partial charge on any atom is 0.134 e. The van der Waals surface area contributed by atoms with Crippen molar-refractivity contribution in [3.63, 3.8) is 0 Å². The smallest absolute Gasteiger partial charge is 0.134 e. The summed E-state index contributed by atoms with van der Waals surface area (Å²) in [4.78, 5) is 0. The Hall–Kier alpha value is -1.28. The van der Waals surface area contributed by atoms with Crippen LogP contribution in [0.15, 0.2) is 28.7 Å². The zero-order valence-electron chi connectivity index (χ0n) is 12.1. The number of aryl methyl sites for hydroxylation is 1. The summed E-state index contributed by atoms with van der Waals surface area (Å²) >= 11 is 0. The van der Waals surface area contributed by atoms with Gasteiger partial charge in [-0.15, -0.1) is 0 Å². The Morgan fingerprint density at radius 1 is 1.26 bits per heavy atom. The van der Waals surface area contributed by atoms with Crippen LogP contribution in [0.5, 0.6) is 0 Å². The lowest BCUT2D eigenvalue weighted by atomic mass is 10.1. The fourth-order valence-corrected chi connectivity index (χ4v) is 3.03. The lowest BCUT2D eigenvalue weighted by Gasteiger charge is -2.19. The molecule has 2 unspecified atom stereocenters. The number of rotatable bonds is 5. The van der Waals surface area contributed by atoms with Crippen molar-refractivity contribution in [3.05, 3.63) is 35.6 Å². The molecule has 0 spiro atoms. The number of hydrogen-bond acceptors (Lipinski definition) is 2. The van der Waals surface area contributed by atoms with Crippen molar-refractivity contribution in [2.24, 2.45) is 5.92 Å². The summed E-state index contributed by atoms with van der Waals surface area (Å²) in [6.07, 6.45) is 4.14. The summed E-state index contributed by atoms with van der Waals surface area (Å²) in [6.45, 7) is 6.64. The second-order valence-corrected chi connectivity index (χ2v) is 6.06. The molecule has 2 aromatic rings. The Kier molecular flexibility index (Phi) is 3.36. The highest BCUT2D eigenvalue weighted by atomic mass is 16.3. The molecular formula is C17H23NO. The molecule has 2 nitrogen and oxygen atoms in total. The standard InChI is InChI=1S/C17H23NO/c1-11(10-14-8-9-14)18-13(3)17-12(2)15-6-4-5-7-16(15)19-17/h4-7,11,13-14,18H,8-10H2,1-3H3. The first-order chi connectivity index (χ1) is 9.15. The second kappa shape index (κ2) is 5.01. The van der Waals surface area contributed by atoms with Crippen LogP contribution >= 0.6 is 0 Å². The maximum atomic E-state index is 6.02. The summed E-state index contributed by atoms with van der Waals surface area (Å²) in [7, 11) is 0. The molecule has 1 aromatic carbocycles. The molecule has 1 aliphatic carbocycles. The van der Waals surface area contributed by atoms with Gasteiger partial charge in [-0.2, -0.15) is 0 Å². The summed E-state index contributed by atoms with van der Waals surface area (Å²) in [6, 6.07) is 9.13. The minimum absolute atomic E-state index is 0.279. The molecule has 0 amide bonds. The normalized spacial score (nSPS) is 18.7. The Morgan fingerprint density at radius 2 is 2.00 bits per heavy atom. The quantitative estimate of drug-likeness (QED) is 0.848. The van der Waals surface area contributed by atoms with Crippen molar-refractivity contribution in [2.45, 2.75) is 52.1 Å². The predicted molar refractivity (Wildman–Crippen MR) is 79.3 cm³/mol. The molecule has 1 N–H and O–H groups in total. The Balaban J connectivity index is 1.76. The van der Waals surface area contributed by atoms with Gasteiger partial charge in [0.25, 0.3) is 0 Å². The van der Waals surface area contributed by atoms with Gasteiger partial charge in [-0.05, 0) is 44.7 Å². The van der Waals surface area contributed by atoms with Gasteiger partial charge in [-0.25, -0.2) is 0 Å². The summed E-state index contributed by atoms with van der Waals surface area (Å²) in [5.41, 5.74) is 2.27. The van der Waals surface area contributed by atoms with Crippen LogP contribution in [0, 0.1) is 12.8 Å². The van der Waals surface area contributed by atoms with Crippen LogP contribution < -0.4 is 5.32 Å². The lowest BCUT2D eigenvalue weighted by molar-refractivity contribution is 0.388. The van der Waals surface area contributed by atoms with E-state index in [2.05, 4.69) is 38.2 Å². The largest absolute Gasteiger partial charge is 0.459 e. The van der Waals surface area contributed by atoms with Crippen molar-refractivity contribution >= 4 is 11.0 Å². The van der Waals surface area contributed by atoms with Crippen molar-refractivity contribution < 1.29 is 4.42 Å². The molecule has 2 heteroatoms. The molecule has 1 aliphatic rings. The third-order valence-corrected chi connectivity index (χ3v) is 4.19. The van der Waals surface area contributed by atoms with Crippen LogP contribution in [0.25, 0.3) is 11.0 Å². The van der Waals surface area contributed by atoms with Gasteiger partial charge in [-0.3, -0.25) is 0 Å². The van der Waals surface area contributed by atoms with E-state index in [0.29, 0.717) is 6.04 Å². The minimum atomic E-state index is 0.279. The first-order valence-corrected chi connectivity index (χ1v) is 7.39. The third-order valence-electron chi connectivity index (χ3n) is 4.19. The average molecular weight is 257 g/mol. The number of fused-ring (bicyclic) bond motifs is 1. The van der Waals surface area contributed by atoms with E-state index in [9.17, 15) is 0 Å². The van der Waals surface area contributed by atoms with Crippen molar-refractivity contribution in [1.82, 2.24) is 5.32 Å². The Bertz CT molecular complexity index is 568. The zero-order valence-corrected chi connectivity index (χ0v) is 12.1.